The maximum Gasteiger partial charge on any atom is 0.0968 e. The average Bonchev–Trinajstić information content (AvgIpc) is 2.71. The number of nitrogens with one attached hydrogen (secondary N) is 1. The quantitative estimate of drug-likeness (QED) is 0.783. The van der Waals surface area contributed by atoms with Crippen molar-refractivity contribution in [2.45, 2.75) is 32.7 Å². The number of amidine groups is 1. The van der Waals surface area contributed by atoms with Crippen LogP contribution in [0.5, 0.6) is 0 Å². The van der Waals surface area contributed by atoms with E-state index in [1.165, 1.54) is 23.4 Å². The van der Waals surface area contributed by atoms with Gasteiger partial charge in [-0.05, 0) is 31.4 Å². The largest absolute Gasteiger partial charge is 0.367 e. The van der Waals surface area contributed by atoms with Crippen molar-refractivity contribution in [2.75, 3.05) is 6.54 Å². The lowest BCUT2D eigenvalue weighted by atomic mass is 10.0. The fourth-order valence-corrected chi connectivity index (χ4v) is 2.06. The van der Waals surface area contributed by atoms with E-state index in [1.54, 1.807) is 0 Å². The van der Waals surface area contributed by atoms with Crippen molar-refractivity contribution in [2.24, 2.45) is 4.99 Å². The SMILES string of the molecule is Cc1ccccc1[C@@H](C)NC1=NCCC1. The summed E-state index contributed by atoms with van der Waals surface area (Å²) >= 11 is 0. The van der Waals surface area contributed by atoms with Gasteiger partial charge in [0.25, 0.3) is 0 Å². The number of hydrogen-bond acceptors (Lipinski definition) is 2. The van der Waals surface area contributed by atoms with Gasteiger partial charge in [-0.1, -0.05) is 24.3 Å². The third-order valence-electron chi connectivity index (χ3n) is 2.91. The summed E-state index contributed by atoms with van der Waals surface area (Å²) in [7, 11) is 0. The predicted molar refractivity (Wildman–Crippen MR) is 64.3 cm³/mol. The lowest BCUT2D eigenvalue weighted by Gasteiger charge is -2.17. The molecule has 15 heavy (non-hydrogen) atoms. The highest BCUT2D eigenvalue weighted by atomic mass is 15.0. The maximum atomic E-state index is 4.44. The molecule has 1 aromatic rings. The zero-order valence-electron chi connectivity index (χ0n) is 9.46. The van der Waals surface area contributed by atoms with Crippen LogP contribution >= 0.6 is 0 Å². The van der Waals surface area contributed by atoms with Gasteiger partial charge in [-0.2, -0.15) is 0 Å². The molecular formula is C13H18N2. The van der Waals surface area contributed by atoms with Crippen LogP contribution in [-0.4, -0.2) is 12.4 Å². The standard InChI is InChI=1S/C13H18N2/c1-10-6-3-4-7-12(10)11(2)15-13-8-5-9-14-13/h3-4,6-7,11H,5,8-9H2,1-2H3,(H,14,15)/t11-/m1/s1. The zero-order valence-corrected chi connectivity index (χ0v) is 9.46. The Balaban J connectivity index is 2.07. The van der Waals surface area contributed by atoms with Crippen LogP contribution in [0.3, 0.4) is 0 Å². The van der Waals surface area contributed by atoms with Gasteiger partial charge < -0.3 is 5.32 Å². The number of hydrogen-bond donors (Lipinski definition) is 1. The van der Waals surface area contributed by atoms with Crippen molar-refractivity contribution < 1.29 is 0 Å². The fourth-order valence-electron chi connectivity index (χ4n) is 2.06. The van der Waals surface area contributed by atoms with Crippen LogP contribution in [0.15, 0.2) is 29.3 Å². The summed E-state index contributed by atoms with van der Waals surface area (Å²) in [5.74, 6) is 1.17. The molecule has 0 spiro atoms. The molecule has 1 aliphatic rings. The second kappa shape index (κ2) is 4.47. The Bertz CT molecular complexity index is 369. The third-order valence-corrected chi connectivity index (χ3v) is 2.91. The van der Waals surface area contributed by atoms with Crippen LogP contribution in [0.25, 0.3) is 0 Å². The minimum Gasteiger partial charge on any atom is -0.367 e. The van der Waals surface area contributed by atoms with Crippen LogP contribution < -0.4 is 5.32 Å². The Kier molecular flexibility index (Phi) is 3.05. The molecule has 80 valence electrons. The molecule has 1 N–H and O–H groups in total. The van der Waals surface area contributed by atoms with Gasteiger partial charge in [0.1, 0.15) is 0 Å². The molecule has 0 saturated carbocycles. The van der Waals surface area contributed by atoms with E-state index in [0.29, 0.717) is 6.04 Å². The van der Waals surface area contributed by atoms with Crippen molar-refractivity contribution in [3.8, 4) is 0 Å². The summed E-state index contributed by atoms with van der Waals surface area (Å²) in [6.07, 6.45) is 2.30. The Labute approximate surface area is 91.4 Å². The normalized spacial score (nSPS) is 17.3. The minimum atomic E-state index is 0.364. The second-order valence-electron chi connectivity index (χ2n) is 4.15. The lowest BCUT2D eigenvalue weighted by molar-refractivity contribution is 0.704. The van der Waals surface area contributed by atoms with E-state index < -0.39 is 0 Å². The summed E-state index contributed by atoms with van der Waals surface area (Å²) in [6.45, 7) is 5.34. The van der Waals surface area contributed by atoms with Gasteiger partial charge in [0, 0.05) is 19.0 Å². The molecule has 2 heteroatoms. The Hall–Kier alpha value is -1.31. The highest BCUT2D eigenvalue weighted by Crippen LogP contribution is 2.17. The molecule has 0 saturated heterocycles. The molecular weight excluding hydrogens is 184 g/mol. The second-order valence-corrected chi connectivity index (χ2v) is 4.15. The molecule has 0 fully saturated rings. The van der Waals surface area contributed by atoms with Gasteiger partial charge in [0.2, 0.25) is 0 Å². The first-order valence-corrected chi connectivity index (χ1v) is 5.63. The van der Waals surface area contributed by atoms with Crippen molar-refractivity contribution in [1.82, 2.24) is 5.32 Å². The number of benzene rings is 1. The minimum absolute atomic E-state index is 0.364. The van der Waals surface area contributed by atoms with E-state index in [1.807, 2.05) is 0 Å². The van der Waals surface area contributed by atoms with E-state index in [4.69, 9.17) is 0 Å². The van der Waals surface area contributed by atoms with Crippen LogP contribution in [0, 0.1) is 6.92 Å². The van der Waals surface area contributed by atoms with E-state index in [2.05, 4.69) is 48.4 Å². The Morgan fingerprint density at radius 2 is 2.13 bits per heavy atom. The highest BCUT2D eigenvalue weighted by Gasteiger charge is 2.11. The lowest BCUT2D eigenvalue weighted by Crippen LogP contribution is -2.25. The summed E-state index contributed by atoms with van der Waals surface area (Å²) < 4.78 is 0. The number of nitrogens with zero attached hydrogens (tertiary/aromatic N) is 1. The number of aryl methyl sites for hydroxylation is 1. The van der Waals surface area contributed by atoms with Crippen LogP contribution in [0.4, 0.5) is 0 Å². The molecule has 0 unspecified atom stereocenters. The zero-order chi connectivity index (χ0) is 10.7. The maximum absolute atomic E-state index is 4.44. The van der Waals surface area contributed by atoms with E-state index in [9.17, 15) is 0 Å². The first-order valence-electron chi connectivity index (χ1n) is 5.63. The van der Waals surface area contributed by atoms with Gasteiger partial charge in [-0.25, -0.2) is 0 Å². The number of rotatable bonds is 2. The molecule has 2 rings (SSSR count). The average molecular weight is 202 g/mol. The van der Waals surface area contributed by atoms with Gasteiger partial charge >= 0.3 is 0 Å². The Morgan fingerprint density at radius 3 is 2.80 bits per heavy atom. The molecule has 1 aliphatic heterocycles. The molecule has 0 aromatic heterocycles. The topological polar surface area (TPSA) is 24.4 Å². The molecule has 2 nitrogen and oxygen atoms in total. The van der Waals surface area contributed by atoms with Gasteiger partial charge in [0.15, 0.2) is 0 Å². The Morgan fingerprint density at radius 1 is 1.33 bits per heavy atom. The van der Waals surface area contributed by atoms with Crippen molar-refractivity contribution >= 4 is 5.84 Å². The van der Waals surface area contributed by atoms with Gasteiger partial charge in [0.05, 0.1) is 5.84 Å². The molecule has 0 radical (unpaired) electrons. The first kappa shape index (κ1) is 10.2. The molecule has 0 aliphatic carbocycles. The molecule has 0 bridgehead atoms. The molecule has 1 heterocycles. The van der Waals surface area contributed by atoms with Gasteiger partial charge in [-0.15, -0.1) is 0 Å². The monoisotopic (exact) mass is 202 g/mol. The summed E-state index contributed by atoms with van der Waals surface area (Å²) in [6, 6.07) is 8.88. The van der Waals surface area contributed by atoms with Crippen molar-refractivity contribution in [1.29, 1.82) is 0 Å². The third kappa shape index (κ3) is 2.38. The summed E-state index contributed by atoms with van der Waals surface area (Å²) in [4.78, 5) is 4.44. The predicted octanol–water partition coefficient (Wildman–Crippen LogP) is 2.84. The first-order chi connectivity index (χ1) is 7.27. The molecule has 1 aromatic carbocycles. The number of aliphatic imine (C=N–C) groups is 1. The summed E-state index contributed by atoms with van der Waals surface area (Å²) in [5.41, 5.74) is 2.71. The molecule has 0 amide bonds. The van der Waals surface area contributed by atoms with E-state index in [-0.39, 0.29) is 0 Å². The van der Waals surface area contributed by atoms with Crippen LogP contribution in [0.2, 0.25) is 0 Å². The summed E-state index contributed by atoms with van der Waals surface area (Å²) in [5, 5.41) is 3.49. The fraction of sp³-hybridized carbons (Fsp3) is 0.462. The van der Waals surface area contributed by atoms with Crippen molar-refractivity contribution in [3.05, 3.63) is 35.4 Å². The van der Waals surface area contributed by atoms with Crippen LogP contribution in [-0.2, 0) is 0 Å². The van der Waals surface area contributed by atoms with E-state index in [0.717, 1.165) is 13.0 Å². The highest BCUT2D eigenvalue weighted by molar-refractivity contribution is 5.83. The van der Waals surface area contributed by atoms with E-state index >= 15 is 0 Å². The van der Waals surface area contributed by atoms with Crippen LogP contribution in [0.1, 0.15) is 36.9 Å². The van der Waals surface area contributed by atoms with Gasteiger partial charge in [-0.3, -0.25) is 4.99 Å². The van der Waals surface area contributed by atoms with Crippen molar-refractivity contribution in [3.63, 3.8) is 0 Å². The smallest absolute Gasteiger partial charge is 0.0968 e. The molecule has 1 atom stereocenters.